The van der Waals surface area contributed by atoms with E-state index in [4.69, 9.17) is 9.68 Å². The molecule has 0 spiro atoms. The third-order valence-corrected chi connectivity index (χ3v) is 5.91. The summed E-state index contributed by atoms with van der Waals surface area (Å²) in [6.07, 6.45) is 3.58. The second-order valence-electron chi connectivity index (χ2n) is 5.68. The zero-order valence-electron chi connectivity index (χ0n) is 14.2. The highest BCUT2D eigenvalue weighted by Crippen LogP contribution is 2.24. The van der Waals surface area contributed by atoms with Crippen molar-refractivity contribution in [3.63, 3.8) is 0 Å². The van der Waals surface area contributed by atoms with Crippen LogP contribution < -0.4 is 0 Å². The molecule has 7 nitrogen and oxygen atoms in total. The van der Waals surface area contributed by atoms with E-state index >= 15 is 0 Å². The smallest absolute Gasteiger partial charge is 0.246 e. The lowest BCUT2D eigenvalue weighted by atomic mass is 10.2. The predicted octanol–water partition coefficient (Wildman–Crippen LogP) is 2.61. The second kappa shape index (κ2) is 7.64. The molecule has 0 amide bonds. The maximum Gasteiger partial charge on any atom is 0.246 e. The van der Waals surface area contributed by atoms with Crippen LogP contribution in [0, 0.1) is 25.2 Å². The Labute approximate surface area is 142 Å². The van der Waals surface area contributed by atoms with Gasteiger partial charge in [0.15, 0.2) is 0 Å². The molecular weight excluding hydrogens is 328 g/mol. The normalized spacial score (nSPS) is 11.8. The van der Waals surface area contributed by atoms with Crippen molar-refractivity contribution in [1.29, 1.82) is 5.26 Å². The Balaban J connectivity index is 2.20. The van der Waals surface area contributed by atoms with Gasteiger partial charge in [0.1, 0.15) is 10.7 Å². The van der Waals surface area contributed by atoms with Gasteiger partial charge in [-0.3, -0.25) is 4.68 Å². The van der Waals surface area contributed by atoms with Crippen LogP contribution in [0.4, 0.5) is 0 Å². The van der Waals surface area contributed by atoms with E-state index in [1.165, 1.54) is 17.6 Å². The Morgan fingerprint density at radius 3 is 2.75 bits per heavy atom. The maximum absolute atomic E-state index is 12.9. The number of aromatic nitrogens is 2. The van der Waals surface area contributed by atoms with Crippen LogP contribution in [0.3, 0.4) is 0 Å². The molecule has 24 heavy (non-hydrogen) atoms. The van der Waals surface area contributed by atoms with E-state index in [0.717, 1.165) is 12.8 Å². The molecule has 0 N–H and O–H groups in total. The first-order valence-electron chi connectivity index (χ1n) is 7.77. The number of furan rings is 1. The Morgan fingerprint density at radius 2 is 2.12 bits per heavy atom. The van der Waals surface area contributed by atoms with Gasteiger partial charge in [0.05, 0.1) is 30.3 Å². The van der Waals surface area contributed by atoms with Gasteiger partial charge >= 0.3 is 0 Å². The Morgan fingerprint density at radius 1 is 1.38 bits per heavy atom. The van der Waals surface area contributed by atoms with E-state index in [-0.39, 0.29) is 11.4 Å². The fourth-order valence-corrected chi connectivity index (χ4v) is 4.10. The molecular formula is C16H22N4O3S. The summed E-state index contributed by atoms with van der Waals surface area (Å²) in [6, 6.07) is 5.57. The largest absolute Gasteiger partial charge is 0.468 e. The fraction of sp³-hybridized carbons (Fsp3) is 0.500. The molecule has 2 heterocycles. The minimum absolute atomic E-state index is 0.168. The van der Waals surface area contributed by atoms with Gasteiger partial charge in [0.2, 0.25) is 10.0 Å². The lowest BCUT2D eigenvalue weighted by Gasteiger charge is -2.16. The van der Waals surface area contributed by atoms with E-state index in [1.54, 1.807) is 30.7 Å². The van der Waals surface area contributed by atoms with Crippen LogP contribution >= 0.6 is 0 Å². The summed E-state index contributed by atoms with van der Waals surface area (Å²) in [5.41, 5.74) is 1.11. The molecule has 0 aliphatic heterocycles. The number of sulfonamides is 1. The predicted molar refractivity (Wildman–Crippen MR) is 88.5 cm³/mol. The van der Waals surface area contributed by atoms with Gasteiger partial charge in [0, 0.05) is 20.0 Å². The first kappa shape index (κ1) is 18.2. The Bertz CT molecular complexity index is 816. The molecule has 0 radical (unpaired) electrons. The summed E-state index contributed by atoms with van der Waals surface area (Å²) in [4.78, 5) is 0.247. The van der Waals surface area contributed by atoms with E-state index in [9.17, 15) is 8.42 Å². The summed E-state index contributed by atoms with van der Waals surface area (Å²) in [5.74, 6) is 0.584. The molecule has 0 unspecified atom stereocenters. The first-order valence-corrected chi connectivity index (χ1v) is 9.21. The molecule has 0 aliphatic carbocycles. The van der Waals surface area contributed by atoms with Gasteiger partial charge in [-0.1, -0.05) is 0 Å². The van der Waals surface area contributed by atoms with Crippen LogP contribution in [-0.2, 0) is 23.1 Å². The zero-order chi connectivity index (χ0) is 17.7. The van der Waals surface area contributed by atoms with Crippen molar-refractivity contribution in [2.24, 2.45) is 0 Å². The fourth-order valence-electron chi connectivity index (χ4n) is 2.60. The van der Waals surface area contributed by atoms with Crippen molar-refractivity contribution in [2.45, 2.75) is 51.1 Å². The number of hydrogen-bond donors (Lipinski definition) is 0. The standard InChI is InChI=1S/C16H22N4O3S/c1-13-16(14(2)20(18-13)10-6-4-5-9-17)24(21,22)19(3)12-15-8-7-11-23-15/h7-8,11H,4-6,10,12H2,1-3H3. The molecule has 0 fully saturated rings. The number of rotatable bonds is 8. The topological polar surface area (TPSA) is 92.1 Å². The van der Waals surface area contributed by atoms with Crippen LogP contribution in [0.2, 0.25) is 0 Å². The van der Waals surface area contributed by atoms with Gasteiger partial charge in [-0.25, -0.2) is 8.42 Å². The number of nitrogens with zero attached hydrogens (tertiary/aromatic N) is 4. The molecule has 0 saturated carbocycles. The SMILES string of the molecule is Cc1nn(CCCCC#N)c(C)c1S(=O)(=O)N(C)Cc1ccco1. The summed E-state index contributed by atoms with van der Waals surface area (Å²) >= 11 is 0. The monoisotopic (exact) mass is 350 g/mol. The summed E-state index contributed by atoms with van der Waals surface area (Å²) < 4.78 is 34.0. The summed E-state index contributed by atoms with van der Waals surface area (Å²) in [7, 11) is -2.12. The first-order chi connectivity index (χ1) is 11.4. The lowest BCUT2D eigenvalue weighted by molar-refractivity contribution is 0.406. The minimum atomic E-state index is -3.65. The van der Waals surface area contributed by atoms with E-state index in [2.05, 4.69) is 11.2 Å². The van der Waals surface area contributed by atoms with E-state index in [1.807, 2.05) is 0 Å². The quantitative estimate of drug-likeness (QED) is 0.682. The molecule has 2 rings (SSSR count). The molecule has 0 atom stereocenters. The molecule has 0 aliphatic rings. The maximum atomic E-state index is 12.9. The molecule has 8 heteroatoms. The minimum Gasteiger partial charge on any atom is -0.468 e. The van der Waals surface area contributed by atoms with E-state index in [0.29, 0.717) is 30.1 Å². The van der Waals surface area contributed by atoms with Crippen molar-refractivity contribution in [2.75, 3.05) is 7.05 Å². The summed E-state index contributed by atoms with van der Waals surface area (Å²) in [6.45, 7) is 4.23. The average Bonchev–Trinajstić information content (AvgIpc) is 3.12. The third-order valence-electron chi connectivity index (χ3n) is 3.85. The Kier molecular flexibility index (Phi) is 5.80. The Hall–Kier alpha value is -2.11. The zero-order valence-corrected chi connectivity index (χ0v) is 15.0. The highest BCUT2D eigenvalue weighted by Gasteiger charge is 2.29. The number of unbranched alkanes of at least 4 members (excludes halogenated alkanes) is 2. The van der Waals surface area contributed by atoms with Gasteiger partial charge in [-0.05, 0) is 38.8 Å². The molecule has 2 aromatic heterocycles. The van der Waals surface area contributed by atoms with Crippen LogP contribution in [-0.4, -0.2) is 29.6 Å². The molecule has 2 aromatic rings. The van der Waals surface area contributed by atoms with Crippen LogP contribution in [0.1, 0.15) is 36.4 Å². The van der Waals surface area contributed by atoms with Gasteiger partial charge in [-0.2, -0.15) is 14.7 Å². The van der Waals surface area contributed by atoms with Crippen molar-refractivity contribution >= 4 is 10.0 Å². The lowest BCUT2D eigenvalue weighted by Crippen LogP contribution is -2.27. The number of hydrogen-bond acceptors (Lipinski definition) is 5. The summed E-state index contributed by atoms with van der Waals surface area (Å²) in [5, 5.41) is 12.9. The van der Waals surface area contributed by atoms with Gasteiger partial charge in [-0.15, -0.1) is 0 Å². The number of nitriles is 1. The second-order valence-corrected chi connectivity index (χ2v) is 7.66. The van der Waals surface area contributed by atoms with Crippen LogP contribution in [0.5, 0.6) is 0 Å². The highest BCUT2D eigenvalue weighted by atomic mass is 32.2. The van der Waals surface area contributed by atoms with Crippen LogP contribution in [0.15, 0.2) is 27.7 Å². The molecule has 0 aromatic carbocycles. The number of aryl methyl sites for hydroxylation is 2. The molecule has 130 valence electrons. The average molecular weight is 350 g/mol. The van der Waals surface area contributed by atoms with Gasteiger partial charge < -0.3 is 4.42 Å². The van der Waals surface area contributed by atoms with E-state index < -0.39 is 10.0 Å². The van der Waals surface area contributed by atoms with Crippen molar-refractivity contribution in [1.82, 2.24) is 14.1 Å². The van der Waals surface area contributed by atoms with Crippen molar-refractivity contribution in [3.8, 4) is 6.07 Å². The molecule has 0 saturated heterocycles. The van der Waals surface area contributed by atoms with Crippen molar-refractivity contribution in [3.05, 3.63) is 35.5 Å². The third kappa shape index (κ3) is 3.86. The molecule has 0 bridgehead atoms. The van der Waals surface area contributed by atoms with Crippen LogP contribution in [0.25, 0.3) is 0 Å². The van der Waals surface area contributed by atoms with Crippen molar-refractivity contribution < 1.29 is 12.8 Å². The van der Waals surface area contributed by atoms with Gasteiger partial charge in [0.25, 0.3) is 0 Å². The highest BCUT2D eigenvalue weighted by molar-refractivity contribution is 7.89.